The largest absolute Gasteiger partial charge is 0.294 e. The number of hydrogen-bond acceptors (Lipinski definition) is 3. The van der Waals surface area contributed by atoms with Crippen LogP contribution in [0, 0.1) is 11.3 Å². The Morgan fingerprint density at radius 1 is 1.40 bits per heavy atom. The van der Waals surface area contributed by atoms with Crippen molar-refractivity contribution in [2.24, 2.45) is 17.2 Å². The predicted molar refractivity (Wildman–Crippen MR) is 63.0 cm³/mol. The summed E-state index contributed by atoms with van der Waals surface area (Å²) < 4.78 is 0. The number of amides is 1. The number of nitrogens with two attached hydrogens (primary N) is 1. The van der Waals surface area contributed by atoms with Gasteiger partial charge < -0.3 is 0 Å². The molecule has 90 valence electrons. The third-order valence-corrected chi connectivity index (χ3v) is 2.24. The second kappa shape index (κ2) is 5.47. The SMILES string of the molecule is CC(C)C(C(=O)NN)N(C)CC(C)(C)C. The summed E-state index contributed by atoms with van der Waals surface area (Å²) in [6, 6.07) is -0.158. The number of nitrogens with zero attached hydrogens (tertiary/aromatic N) is 1. The summed E-state index contributed by atoms with van der Waals surface area (Å²) in [6.07, 6.45) is 0. The van der Waals surface area contributed by atoms with Crippen LogP contribution in [0.4, 0.5) is 0 Å². The second-order valence-electron chi connectivity index (χ2n) is 5.67. The molecule has 1 unspecified atom stereocenters. The molecule has 0 rings (SSSR count). The third-order valence-electron chi connectivity index (χ3n) is 2.24. The van der Waals surface area contributed by atoms with Crippen molar-refractivity contribution >= 4 is 5.91 Å². The number of likely N-dealkylation sites (N-methyl/N-ethyl adjacent to an activating group) is 1. The molecule has 0 aliphatic rings. The Kier molecular flexibility index (Phi) is 5.24. The van der Waals surface area contributed by atoms with Crippen molar-refractivity contribution in [3.8, 4) is 0 Å². The number of hydrazine groups is 1. The van der Waals surface area contributed by atoms with E-state index in [0.29, 0.717) is 0 Å². The molecular formula is C11H25N3O. The first-order valence-corrected chi connectivity index (χ1v) is 5.39. The Hall–Kier alpha value is -0.610. The Balaban J connectivity index is 4.57. The fraction of sp³-hybridized carbons (Fsp3) is 0.909. The van der Waals surface area contributed by atoms with E-state index in [1.165, 1.54) is 0 Å². The molecule has 0 aromatic heterocycles. The molecule has 0 aliphatic carbocycles. The molecule has 1 atom stereocenters. The molecule has 4 heteroatoms. The lowest BCUT2D eigenvalue weighted by molar-refractivity contribution is -0.128. The van der Waals surface area contributed by atoms with Crippen LogP contribution in [0.3, 0.4) is 0 Å². The molecule has 0 aliphatic heterocycles. The summed E-state index contributed by atoms with van der Waals surface area (Å²) in [5.74, 6) is 5.32. The van der Waals surface area contributed by atoms with Crippen molar-refractivity contribution < 1.29 is 4.79 Å². The fourth-order valence-corrected chi connectivity index (χ4v) is 1.94. The first kappa shape index (κ1) is 14.4. The summed E-state index contributed by atoms with van der Waals surface area (Å²) >= 11 is 0. The second-order valence-corrected chi connectivity index (χ2v) is 5.67. The van der Waals surface area contributed by atoms with Crippen LogP contribution in [0.5, 0.6) is 0 Å². The van der Waals surface area contributed by atoms with Crippen molar-refractivity contribution in [2.45, 2.75) is 40.7 Å². The molecular weight excluding hydrogens is 190 g/mol. The zero-order valence-electron chi connectivity index (χ0n) is 10.8. The summed E-state index contributed by atoms with van der Waals surface area (Å²) in [5.41, 5.74) is 2.41. The molecule has 0 bridgehead atoms. The lowest BCUT2D eigenvalue weighted by atomic mass is 9.93. The minimum Gasteiger partial charge on any atom is -0.294 e. The Morgan fingerprint density at radius 2 is 1.87 bits per heavy atom. The smallest absolute Gasteiger partial charge is 0.251 e. The van der Waals surface area contributed by atoms with E-state index in [9.17, 15) is 4.79 Å². The normalized spacial score (nSPS) is 14.5. The van der Waals surface area contributed by atoms with Crippen LogP contribution in [0.1, 0.15) is 34.6 Å². The molecule has 1 amide bonds. The van der Waals surface area contributed by atoms with Crippen LogP contribution >= 0.6 is 0 Å². The number of nitrogens with one attached hydrogen (secondary N) is 1. The topological polar surface area (TPSA) is 58.4 Å². The van der Waals surface area contributed by atoms with Crippen LogP contribution in [0.25, 0.3) is 0 Å². The zero-order chi connectivity index (χ0) is 12.2. The minimum absolute atomic E-state index is 0.114. The third kappa shape index (κ3) is 5.14. The van der Waals surface area contributed by atoms with Gasteiger partial charge in [0.05, 0.1) is 6.04 Å². The van der Waals surface area contributed by atoms with Gasteiger partial charge in [0, 0.05) is 6.54 Å². The highest BCUT2D eigenvalue weighted by molar-refractivity contribution is 5.81. The van der Waals surface area contributed by atoms with Gasteiger partial charge in [0.2, 0.25) is 0 Å². The standard InChI is InChI=1S/C11H25N3O/c1-8(2)9(10(15)13-12)14(6)7-11(3,4)5/h8-9H,7,12H2,1-6H3,(H,13,15). The molecule has 0 saturated carbocycles. The molecule has 0 radical (unpaired) electrons. The van der Waals surface area contributed by atoms with E-state index in [0.717, 1.165) is 6.54 Å². The summed E-state index contributed by atoms with van der Waals surface area (Å²) in [5, 5.41) is 0. The van der Waals surface area contributed by atoms with Crippen molar-refractivity contribution in [1.82, 2.24) is 10.3 Å². The first-order chi connectivity index (χ1) is 6.69. The molecule has 0 heterocycles. The van der Waals surface area contributed by atoms with Crippen molar-refractivity contribution in [3.05, 3.63) is 0 Å². The molecule has 3 N–H and O–H groups in total. The van der Waals surface area contributed by atoms with Gasteiger partial charge in [-0.1, -0.05) is 34.6 Å². The number of hydrogen-bond donors (Lipinski definition) is 2. The minimum atomic E-state index is -0.158. The highest BCUT2D eigenvalue weighted by atomic mass is 16.2. The average Bonchev–Trinajstić information content (AvgIpc) is 1.99. The van der Waals surface area contributed by atoms with Crippen LogP contribution in [0.15, 0.2) is 0 Å². The highest BCUT2D eigenvalue weighted by Gasteiger charge is 2.28. The Bertz CT molecular complexity index is 208. The van der Waals surface area contributed by atoms with Gasteiger partial charge in [0.15, 0.2) is 0 Å². The van der Waals surface area contributed by atoms with Crippen molar-refractivity contribution in [2.75, 3.05) is 13.6 Å². The highest BCUT2D eigenvalue weighted by Crippen LogP contribution is 2.18. The number of carbonyl (C=O) groups excluding carboxylic acids is 1. The van der Waals surface area contributed by atoms with Crippen LogP contribution in [-0.4, -0.2) is 30.4 Å². The molecule has 0 saturated heterocycles. The molecule has 0 fully saturated rings. The molecule has 0 spiro atoms. The van der Waals surface area contributed by atoms with Gasteiger partial charge in [-0.05, 0) is 18.4 Å². The van der Waals surface area contributed by atoms with E-state index in [2.05, 4.69) is 31.1 Å². The van der Waals surface area contributed by atoms with Crippen molar-refractivity contribution in [1.29, 1.82) is 0 Å². The lowest BCUT2D eigenvalue weighted by Crippen LogP contribution is -2.52. The van der Waals surface area contributed by atoms with Gasteiger partial charge in [-0.25, -0.2) is 5.84 Å². The predicted octanol–water partition coefficient (Wildman–Crippen LogP) is 0.979. The lowest BCUT2D eigenvalue weighted by Gasteiger charge is -2.34. The van der Waals surface area contributed by atoms with E-state index in [1.54, 1.807) is 0 Å². The van der Waals surface area contributed by atoms with E-state index >= 15 is 0 Å². The average molecular weight is 215 g/mol. The number of rotatable bonds is 4. The zero-order valence-corrected chi connectivity index (χ0v) is 10.8. The monoisotopic (exact) mass is 215 g/mol. The first-order valence-electron chi connectivity index (χ1n) is 5.39. The van der Waals surface area contributed by atoms with Gasteiger partial charge >= 0.3 is 0 Å². The van der Waals surface area contributed by atoms with Crippen LogP contribution in [-0.2, 0) is 4.79 Å². The maximum Gasteiger partial charge on any atom is 0.251 e. The van der Waals surface area contributed by atoms with E-state index in [1.807, 2.05) is 20.9 Å². The van der Waals surface area contributed by atoms with Gasteiger partial charge in [-0.15, -0.1) is 0 Å². The molecule has 4 nitrogen and oxygen atoms in total. The van der Waals surface area contributed by atoms with Gasteiger partial charge in [-0.3, -0.25) is 15.1 Å². The maximum absolute atomic E-state index is 11.6. The quantitative estimate of drug-likeness (QED) is 0.417. The summed E-state index contributed by atoms with van der Waals surface area (Å²) in [7, 11) is 1.96. The van der Waals surface area contributed by atoms with Gasteiger partial charge in [0.25, 0.3) is 5.91 Å². The van der Waals surface area contributed by atoms with Gasteiger partial charge in [0.1, 0.15) is 0 Å². The molecule has 0 aromatic rings. The van der Waals surface area contributed by atoms with Crippen molar-refractivity contribution in [3.63, 3.8) is 0 Å². The van der Waals surface area contributed by atoms with E-state index in [-0.39, 0.29) is 23.3 Å². The van der Waals surface area contributed by atoms with Gasteiger partial charge in [-0.2, -0.15) is 0 Å². The Labute approximate surface area is 93.2 Å². The van der Waals surface area contributed by atoms with E-state index in [4.69, 9.17) is 5.84 Å². The maximum atomic E-state index is 11.6. The molecule has 15 heavy (non-hydrogen) atoms. The Morgan fingerprint density at radius 3 is 2.13 bits per heavy atom. The van der Waals surface area contributed by atoms with E-state index < -0.39 is 0 Å². The van der Waals surface area contributed by atoms with Crippen LogP contribution < -0.4 is 11.3 Å². The fourth-order valence-electron chi connectivity index (χ4n) is 1.94. The summed E-state index contributed by atoms with van der Waals surface area (Å²) in [6.45, 7) is 11.4. The summed E-state index contributed by atoms with van der Waals surface area (Å²) in [4.78, 5) is 13.7. The van der Waals surface area contributed by atoms with Crippen LogP contribution in [0.2, 0.25) is 0 Å². The number of carbonyl (C=O) groups is 1. The molecule has 0 aromatic carbocycles.